The smallest absolute Gasteiger partial charge is 0.228 e. The third-order valence-corrected chi connectivity index (χ3v) is 5.05. The lowest BCUT2D eigenvalue weighted by molar-refractivity contribution is -0.122. The monoisotopic (exact) mass is 404 g/mol. The molecule has 0 aromatic carbocycles. The van der Waals surface area contributed by atoms with Crippen LogP contribution in [0, 0.1) is 13.8 Å². The molecule has 154 valence electrons. The van der Waals surface area contributed by atoms with E-state index in [1.807, 2.05) is 42.8 Å². The molecule has 4 heterocycles. The fourth-order valence-electron chi connectivity index (χ4n) is 3.50. The Balaban J connectivity index is 1.32. The van der Waals surface area contributed by atoms with Crippen LogP contribution in [0.15, 0.2) is 42.7 Å². The van der Waals surface area contributed by atoms with Gasteiger partial charge in [0.25, 0.3) is 0 Å². The Labute approximate surface area is 175 Å². The Morgan fingerprint density at radius 1 is 0.967 bits per heavy atom. The molecule has 0 saturated heterocycles. The van der Waals surface area contributed by atoms with Crippen LogP contribution >= 0.6 is 0 Å². The zero-order valence-electron chi connectivity index (χ0n) is 17.1. The number of rotatable bonds is 5. The summed E-state index contributed by atoms with van der Waals surface area (Å²) in [5, 5.41) is 7.16. The minimum Gasteiger partial charge on any atom is -0.311 e. The maximum atomic E-state index is 12.6. The van der Waals surface area contributed by atoms with Gasteiger partial charge in [-0.2, -0.15) is 5.10 Å². The Morgan fingerprint density at radius 3 is 2.43 bits per heavy atom. The summed E-state index contributed by atoms with van der Waals surface area (Å²) in [6.45, 7) is 5.32. The van der Waals surface area contributed by atoms with Crippen LogP contribution in [0.4, 0.5) is 11.6 Å². The van der Waals surface area contributed by atoms with E-state index in [1.54, 1.807) is 23.4 Å². The van der Waals surface area contributed by atoms with Gasteiger partial charge in [0.05, 0.1) is 5.69 Å². The molecule has 4 rings (SSSR count). The van der Waals surface area contributed by atoms with Gasteiger partial charge in [-0.05, 0) is 38.5 Å². The second-order valence-corrected chi connectivity index (χ2v) is 7.43. The van der Waals surface area contributed by atoms with Crippen molar-refractivity contribution in [2.75, 3.05) is 16.8 Å². The second kappa shape index (κ2) is 8.44. The van der Waals surface area contributed by atoms with Crippen molar-refractivity contribution in [1.29, 1.82) is 0 Å². The van der Waals surface area contributed by atoms with Crippen molar-refractivity contribution < 1.29 is 9.59 Å². The summed E-state index contributed by atoms with van der Waals surface area (Å²) in [7, 11) is 0. The van der Waals surface area contributed by atoms with Gasteiger partial charge in [-0.3, -0.25) is 19.5 Å². The molecular formula is C22H24N6O2. The molecule has 1 aliphatic heterocycles. The van der Waals surface area contributed by atoms with Crippen LogP contribution in [0.5, 0.6) is 0 Å². The maximum Gasteiger partial charge on any atom is 0.228 e. The predicted molar refractivity (Wildman–Crippen MR) is 114 cm³/mol. The summed E-state index contributed by atoms with van der Waals surface area (Å²) in [6, 6.07) is 9.47. The average molecular weight is 404 g/mol. The number of fused-ring (bicyclic) bond motifs is 1. The van der Waals surface area contributed by atoms with Gasteiger partial charge in [0.15, 0.2) is 0 Å². The zero-order chi connectivity index (χ0) is 21.1. The highest BCUT2D eigenvalue weighted by atomic mass is 16.2. The first-order chi connectivity index (χ1) is 14.5. The first kappa shape index (κ1) is 19.8. The molecule has 8 nitrogen and oxygen atoms in total. The summed E-state index contributed by atoms with van der Waals surface area (Å²) in [4.78, 5) is 35.2. The lowest BCUT2D eigenvalue weighted by atomic mass is 10.1. The predicted octanol–water partition coefficient (Wildman–Crippen LogP) is 3.11. The zero-order valence-corrected chi connectivity index (χ0v) is 17.1. The minimum atomic E-state index is -0.234. The van der Waals surface area contributed by atoms with Crippen molar-refractivity contribution in [3.8, 4) is 11.1 Å². The molecule has 0 unspecified atom stereocenters. The summed E-state index contributed by atoms with van der Waals surface area (Å²) in [6.07, 6.45) is 4.60. The Kier molecular flexibility index (Phi) is 5.56. The summed E-state index contributed by atoms with van der Waals surface area (Å²) in [5.74, 6) is 0.971. The maximum absolute atomic E-state index is 12.6. The van der Waals surface area contributed by atoms with Crippen LogP contribution in [-0.2, 0) is 16.1 Å². The molecule has 0 fully saturated rings. The van der Waals surface area contributed by atoms with Gasteiger partial charge >= 0.3 is 0 Å². The molecule has 0 aliphatic carbocycles. The number of carbonyl (C=O) groups excluding carboxylic acids is 2. The number of hydrogen-bond acceptors (Lipinski definition) is 5. The summed E-state index contributed by atoms with van der Waals surface area (Å²) in [5.41, 5.74) is 3.73. The van der Waals surface area contributed by atoms with Gasteiger partial charge in [-0.15, -0.1) is 0 Å². The lowest BCUT2D eigenvalue weighted by Crippen LogP contribution is -2.37. The first-order valence-corrected chi connectivity index (χ1v) is 10.0. The van der Waals surface area contributed by atoms with E-state index in [0.29, 0.717) is 12.4 Å². The molecular weight excluding hydrogens is 380 g/mol. The van der Waals surface area contributed by atoms with Crippen molar-refractivity contribution in [3.63, 3.8) is 0 Å². The third-order valence-electron chi connectivity index (χ3n) is 5.05. The van der Waals surface area contributed by atoms with Gasteiger partial charge < -0.3 is 5.32 Å². The van der Waals surface area contributed by atoms with Crippen molar-refractivity contribution in [3.05, 3.63) is 54.1 Å². The lowest BCUT2D eigenvalue weighted by Gasteiger charge is -2.27. The molecule has 0 spiro atoms. The van der Waals surface area contributed by atoms with Gasteiger partial charge in [-0.1, -0.05) is 6.07 Å². The number of nitrogens with one attached hydrogen (secondary N) is 1. The van der Waals surface area contributed by atoms with Crippen LogP contribution in [0.3, 0.4) is 0 Å². The number of amides is 2. The molecule has 0 saturated carbocycles. The van der Waals surface area contributed by atoms with E-state index < -0.39 is 0 Å². The van der Waals surface area contributed by atoms with E-state index in [9.17, 15) is 9.59 Å². The van der Waals surface area contributed by atoms with E-state index in [4.69, 9.17) is 0 Å². The van der Waals surface area contributed by atoms with Gasteiger partial charge in [0.2, 0.25) is 11.8 Å². The quantitative estimate of drug-likeness (QED) is 0.705. The highest BCUT2D eigenvalue weighted by Gasteiger charge is 2.24. The topological polar surface area (TPSA) is 93.0 Å². The van der Waals surface area contributed by atoms with Crippen LogP contribution in [0.25, 0.3) is 11.1 Å². The molecule has 1 aliphatic rings. The standard InChI is InChI=1S/C22H24N6O2/c1-15-4-5-17(13-23-15)18-6-7-19(24-14-18)25-20(29)8-9-22(30)27-10-3-11-28-21(27)12-16(2)26-28/h4-7,12-14H,3,8-11H2,1-2H3,(H,24,25,29). The molecule has 3 aromatic heterocycles. The fourth-order valence-corrected chi connectivity index (χ4v) is 3.50. The largest absolute Gasteiger partial charge is 0.311 e. The number of carbonyl (C=O) groups is 2. The van der Waals surface area contributed by atoms with E-state index in [-0.39, 0.29) is 24.7 Å². The Bertz CT molecular complexity index is 1060. The molecule has 2 amide bonds. The molecule has 3 aromatic rings. The molecule has 8 heteroatoms. The first-order valence-electron chi connectivity index (χ1n) is 10.0. The van der Waals surface area contributed by atoms with Crippen LogP contribution in [-0.4, -0.2) is 38.1 Å². The average Bonchev–Trinajstić information content (AvgIpc) is 3.13. The highest BCUT2D eigenvalue weighted by Crippen LogP contribution is 2.23. The van der Waals surface area contributed by atoms with Crippen LogP contribution in [0.1, 0.15) is 30.7 Å². The molecule has 0 bridgehead atoms. The van der Waals surface area contributed by atoms with Gasteiger partial charge in [-0.25, -0.2) is 9.67 Å². The fraction of sp³-hybridized carbons (Fsp3) is 0.318. The molecule has 0 radical (unpaired) electrons. The van der Waals surface area contributed by atoms with E-state index in [0.717, 1.165) is 41.3 Å². The third kappa shape index (κ3) is 4.37. The van der Waals surface area contributed by atoms with E-state index in [1.165, 1.54) is 0 Å². The number of pyridine rings is 2. The number of hydrogen-bond donors (Lipinski definition) is 1. The number of aryl methyl sites for hydroxylation is 3. The summed E-state index contributed by atoms with van der Waals surface area (Å²) >= 11 is 0. The molecule has 1 N–H and O–H groups in total. The van der Waals surface area contributed by atoms with Crippen molar-refractivity contribution >= 4 is 23.5 Å². The normalized spacial score (nSPS) is 13.1. The molecule has 0 atom stereocenters. The van der Waals surface area contributed by atoms with E-state index in [2.05, 4.69) is 20.4 Å². The summed E-state index contributed by atoms with van der Waals surface area (Å²) < 4.78 is 1.85. The SMILES string of the molecule is Cc1ccc(-c2ccc(NC(=O)CCC(=O)N3CCCn4nc(C)cc43)nc2)cn1. The van der Waals surface area contributed by atoms with Crippen LogP contribution < -0.4 is 10.2 Å². The Morgan fingerprint density at radius 2 is 1.73 bits per heavy atom. The van der Waals surface area contributed by atoms with E-state index >= 15 is 0 Å². The Hall–Kier alpha value is -3.55. The number of aromatic nitrogens is 4. The van der Waals surface area contributed by atoms with Gasteiger partial charge in [0.1, 0.15) is 11.6 Å². The van der Waals surface area contributed by atoms with Crippen LogP contribution in [0.2, 0.25) is 0 Å². The minimum absolute atomic E-state index is 0.0684. The number of anilines is 2. The number of nitrogens with zero attached hydrogens (tertiary/aromatic N) is 5. The molecule has 30 heavy (non-hydrogen) atoms. The highest BCUT2D eigenvalue weighted by molar-refractivity contribution is 5.97. The second-order valence-electron chi connectivity index (χ2n) is 7.43. The van der Waals surface area contributed by atoms with Crippen molar-refractivity contribution in [2.45, 2.75) is 39.7 Å². The van der Waals surface area contributed by atoms with Crippen molar-refractivity contribution in [1.82, 2.24) is 19.7 Å². The van der Waals surface area contributed by atoms with Crippen molar-refractivity contribution in [2.24, 2.45) is 0 Å². The van der Waals surface area contributed by atoms with Gasteiger partial charge in [0, 0.05) is 61.2 Å².